The summed E-state index contributed by atoms with van der Waals surface area (Å²) in [5.41, 5.74) is 0.785. The number of aromatic nitrogens is 3. The van der Waals surface area contributed by atoms with Crippen LogP contribution in [0, 0.1) is 0 Å². The normalized spacial score (nSPS) is 12.1. The lowest BCUT2D eigenvalue weighted by molar-refractivity contribution is -0.154. The van der Waals surface area contributed by atoms with Gasteiger partial charge in [-0.25, -0.2) is 14.1 Å². The van der Waals surface area contributed by atoms with Gasteiger partial charge in [0, 0.05) is 25.5 Å². The van der Waals surface area contributed by atoms with Crippen LogP contribution in [0.3, 0.4) is 0 Å². The molecule has 0 saturated carbocycles. The third-order valence-electron chi connectivity index (χ3n) is 4.04. The van der Waals surface area contributed by atoms with Crippen molar-refractivity contribution in [1.29, 1.82) is 0 Å². The summed E-state index contributed by atoms with van der Waals surface area (Å²) in [6.07, 6.45) is 2.70. The lowest BCUT2D eigenvalue weighted by atomic mass is 10.1. The third-order valence-corrected chi connectivity index (χ3v) is 4.04. The van der Waals surface area contributed by atoms with E-state index in [0.717, 1.165) is 30.1 Å². The van der Waals surface area contributed by atoms with Gasteiger partial charge in [-0.15, -0.1) is 0 Å². The molecule has 1 aromatic carbocycles. The molecule has 0 aliphatic carbocycles. The van der Waals surface area contributed by atoms with Crippen LogP contribution in [0.15, 0.2) is 36.2 Å². The molecule has 2 rings (SSSR count). The highest BCUT2D eigenvalue weighted by molar-refractivity contribution is 5.70. The Hall–Kier alpha value is -2.70. The van der Waals surface area contributed by atoms with Gasteiger partial charge < -0.3 is 9.47 Å². The van der Waals surface area contributed by atoms with Crippen LogP contribution in [0.1, 0.15) is 52.8 Å². The molecule has 0 saturated heterocycles. The van der Waals surface area contributed by atoms with E-state index in [1.54, 1.807) is 25.5 Å². The maximum Gasteiger partial charge on any atom is 0.306 e. The second-order valence-electron chi connectivity index (χ2n) is 7.89. The van der Waals surface area contributed by atoms with Crippen LogP contribution >= 0.6 is 0 Å². The Kier molecular flexibility index (Phi) is 7.93. The molecule has 2 aromatic rings. The van der Waals surface area contributed by atoms with Crippen molar-refractivity contribution in [2.24, 2.45) is 7.05 Å². The molecule has 1 aromatic heterocycles. The van der Waals surface area contributed by atoms with Gasteiger partial charge in [0.05, 0.1) is 6.33 Å². The fourth-order valence-corrected chi connectivity index (χ4v) is 2.71. The summed E-state index contributed by atoms with van der Waals surface area (Å²) in [7, 11) is 1.87. The monoisotopic (exact) mass is 403 g/mol. The first kappa shape index (κ1) is 22.6. The summed E-state index contributed by atoms with van der Waals surface area (Å²) >= 11 is 0. The number of ether oxygens (including phenoxy) is 2. The standard InChI is InChI=1S/C22H30FN3O3/c1-6-7-19-24-21(26(5)25-19)17-9-11-18(12-10-17)28-15-16(14-23)8-13-20(27)29-22(2,3)4/h9-12,14H,6-8,13,15H2,1-5H3/b16-14+. The van der Waals surface area contributed by atoms with Gasteiger partial charge in [-0.2, -0.15) is 5.10 Å². The van der Waals surface area contributed by atoms with Gasteiger partial charge in [0.25, 0.3) is 0 Å². The SMILES string of the molecule is CCCc1nc(-c2ccc(OC/C(=C/F)CCC(=O)OC(C)(C)C)cc2)n(C)n1. The van der Waals surface area contributed by atoms with E-state index >= 15 is 0 Å². The Morgan fingerprint density at radius 1 is 1.21 bits per heavy atom. The Balaban J connectivity index is 1.90. The molecular formula is C22H30FN3O3. The maximum absolute atomic E-state index is 13.1. The van der Waals surface area contributed by atoms with E-state index in [-0.39, 0.29) is 25.4 Å². The molecule has 29 heavy (non-hydrogen) atoms. The summed E-state index contributed by atoms with van der Waals surface area (Å²) < 4.78 is 25.8. The number of carbonyl (C=O) groups is 1. The lowest BCUT2D eigenvalue weighted by Crippen LogP contribution is -2.23. The first-order chi connectivity index (χ1) is 13.7. The van der Waals surface area contributed by atoms with Crippen molar-refractivity contribution in [3.05, 3.63) is 42.0 Å². The number of aryl methyl sites for hydroxylation is 2. The molecule has 7 heteroatoms. The molecule has 0 bridgehead atoms. The summed E-state index contributed by atoms with van der Waals surface area (Å²) in [4.78, 5) is 16.3. The Labute approximate surface area is 171 Å². The van der Waals surface area contributed by atoms with Gasteiger partial charge in [-0.3, -0.25) is 4.79 Å². The van der Waals surface area contributed by atoms with Crippen LogP contribution in [0.25, 0.3) is 11.4 Å². The Bertz CT molecular complexity index is 836. The number of hydrogen-bond acceptors (Lipinski definition) is 5. The minimum atomic E-state index is -0.547. The maximum atomic E-state index is 13.1. The molecule has 0 aliphatic rings. The van der Waals surface area contributed by atoms with Gasteiger partial charge in [-0.1, -0.05) is 6.92 Å². The highest BCUT2D eigenvalue weighted by Gasteiger charge is 2.16. The van der Waals surface area contributed by atoms with E-state index in [1.165, 1.54) is 0 Å². The third kappa shape index (κ3) is 7.33. The lowest BCUT2D eigenvalue weighted by Gasteiger charge is -2.19. The minimum absolute atomic E-state index is 0.0727. The number of nitrogens with zero attached hydrogens (tertiary/aromatic N) is 3. The zero-order chi connectivity index (χ0) is 21.4. The zero-order valence-corrected chi connectivity index (χ0v) is 17.9. The molecular weight excluding hydrogens is 373 g/mol. The molecule has 0 radical (unpaired) electrons. The van der Waals surface area contributed by atoms with E-state index in [0.29, 0.717) is 17.7 Å². The number of benzene rings is 1. The van der Waals surface area contributed by atoms with Gasteiger partial charge in [-0.05, 0) is 63.5 Å². The fourth-order valence-electron chi connectivity index (χ4n) is 2.71. The smallest absolute Gasteiger partial charge is 0.306 e. The number of rotatable bonds is 9. The summed E-state index contributed by atoms with van der Waals surface area (Å²) in [5.74, 6) is 1.88. The second-order valence-corrected chi connectivity index (χ2v) is 7.89. The van der Waals surface area contributed by atoms with E-state index in [9.17, 15) is 9.18 Å². The molecule has 0 aliphatic heterocycles. The second kappa shape index (κ2) is 10.2. The van der Waals surface area contributed by atoms with Crippen molar-refractivity contribution in [2.75, 3.05) is 6.61 Å². The van der Waals surface area contributed by atoms with Crippen LogP contribution in [-0.2, 0) is 23.0 Å². The molecule has 6 nitrogen and oxygen atoms in total. The highest BCUT2D eigenvalue weighted by atomic mass is 19.1. The predicted octanol–water partition coefficient (Wildman–Crippen LogP) is 4.79. The number of carbonyl (C=O) groups excluding carboxylic acids is 1. The quantitative estimate of drug-likeness (QED) is 0.563. The van der Waals surface area contributed by atoms with Crippen LogP contribution in [0.2, 0.25) is 0 Å². The van der Waals surface area contributed by atoms with Crippen molar-refractivity contribution >= 4 is 5.97 Å². The minimum Gasteiger partial charge on any atom is -0.489 e. The van der Waals surface area contributed by atoms with Crippen LogP contribution in [0.5, 0.6) is 5.75 Å². The van der Waals surface area contributed by atoms with Gasteiger partial charge in [0.1, 0.15) is 18.0 Å². The molecule has 0 unspecified atom stereocenters. The van der Waals surface area contributed by atoms with Gasteiger partial charge in [0.2, 0.25) is 0 Å². The molecule has 0 amide bonds. The average molecular weight is 403 g/mol. The molecule has 158 valence electrons. The van der Waals surface area contributed by atoms with Gasteiger partial charge >= 0.3 is 5.97 Å². The van der Waals surface area contributed by atoms with Crippen molar-refractivity contribution in [3.8, 4) is 17.1 Å². The highest BCUT2D eigenvalue weighted by Crippen LogP contribution is 2.22. The number of esters is 1. The van der Waals surface area contributed by atoms with Crippen molar-refractivity contribution in [2.45, 2.75) is 59.0 Å². The first-order valence-corrected chi connectivity index (χ1v) is 9.85. The van der Waals surface area contributed by atoms with Crippen molar-refractivity contribution in [3.63, 3.8) is 0 Å². The van der Waals surface area contributed by atoms with Gasteiger partial charge in [0.15, 0.2) is 11.6 Å². The van der Waals surface area contributed by atoms with Crippen molar-refractivity contribution in [1.82, 2.24) is 14.8 Å². The van der Waals surface area contributed by atoms with E-state index in [2.05, 4.69) is 17.0 Å². The number of hydrogen-bond donors (Lipinski definition) is 0. The summed E-state index contributed by atoms with van der Waals surface area (Å²) in [6, 6.07) is 7.42. The zero-order valence-electron chi connectivity index (χ0n) is 17.9. The molecule has 0 N–H and O–H groups in total. The molecule has 0 atom stereocenters. The number of halogens is 1. The van der Waals surface area contributed by atoms with Crippen LogP contribution < -0.4 is 4.74 Å². The fraction of sp³-hybridized carbons (Fsp3) is 0.500. The predicted molar refractivity (Wildman–Crippen MR) is 110 cm³/mol. The van der Waals surface area contributed by atoms with Crippen LogP contribution in [0.4, 0.5) is 4.39 Å². The topological polar surface area (TPSA) is 66.2 Å². The van der Waals surface area contributed by atoms with Crippen LogP contribution in [-0.4, -0.2) is 32.9 Å². The largest absolute Gasteiger partial charge is 0.489 e. The average Bonchev–Trinajstić information content (AvgIpc) is 3.01. The molecule has 0 spiro atoms. The Morgan fingerprint density at radius 2 is 1.90 bits per heavy atom. The summed E-state index contributed by atoms with van der Waals surface area (Å²) in [6.45, 7) is 7.57. The van der Waals surface area contributed by atoms with E-state index < -0.39 is 5.60 Å². The van der Waals surface area contributed by atoms with E-state index in [1.807, 2.05) is 31.3 Å². The molecule has 0 fully saturated rings. The summed E-state index contributed by atoms with van der Waals surface area (Å²) in [5, 5.41) is 4.41. The van der Waals surface area contributed by atoms with Crippen molar-refractivity contribution < 1.29 is 18.7 Å². The molecule has 1 heterocycles. The Morgan fingerprint density at radius 3 is 2.48 bits per heavy atom. The van der Waals surface area contributed by atoms with E-state index in [4.69, 9.17) is 9.47 Å². The first-order valence-electron chi connectivity index (χ1n) is 9.85.